The summed E-state index contributed by atoms with van der Waals surface area (Å²) < 4.78 is 39.2. The third-order valence-corrected chi connectivity index (χ3v) is 12.3. The quantitative estimate of drug-likeness (QED) is 0.0531. The lowest BCUT2D eigenvalue weighted by molar-refractivity contribution is -0.150. The number of benzene rings is 5. The minimum atomic E-state index is -0.817. The van der Waals surface area contributed by atoms with E-state index >= 15 is 0 Å². The number of aliphatic hydroxyl groups is 1. The van der Waals surface area contributed by atoms with Gasteiger partial charge in [-0.25, -0.2) is 19.2 Å². The number of esters is 5. The Labute approximate surface area is 387 Å². The normalized spacial score (nSPS) is 18.5. The van der Waals surface area contributed by atoms with Crippen molar-refractivity contribution in [2.45, 2.75) is 77.8 Å². The number of methoxy groups -OCH3 is 1. The van der Waals surface area contributed by atoms with E-state index in [0.29, 0.717) is 34.9 Å². The molecule has 5 aromatic rings. The highest BCUT2D eigenvalue weighted by atomic mass is 16.6. The van der Waals surface area contributed by atoms with Gasteiger partial charge in [-0.3, -0.25) is 4.79 Å². The van der Waals surface area contributed by atoms with Crippen molar-refractivity contribution in [1.29, 1.82) is 0 Å². The fraction of sp³-hybridized carbons (Fsp3) is 0.352. The van der Waals surface area contributed by atoms with E-state index in [1.165, 1.54) is 12.5 Å². The van der Waals surface area contributed by atoms with E-state index in [1.54, 1.807) is 87.7 Å². The van der Waals surface area contributed by atoms with Crippen molar-refractivity contribution in [1.82, 2.24) is 0 Å². The summed E-state index contributed by atoms with van der Waals surface area (Å²) in [5.74, 6) is -1.91. The highest BCUT2D eigenvalue weighted by molar-refractivity contribution is 6.00. The predicted octanol–water partition coefficient (Wildman–Crippen LogP) is 7.25. The average molecular weight is 911 g/mol. The second kappa shape index (κ2) is 20.0. The van der Waals surface area contributed by atoms with Gasteiger partial charge in [0.1, 0.15) is 44.4 Å². The van der Waals surface area contributed by atoms with Crippen molar-refractivity contribution in [3.63, 3.8) is 0 Å². The molecule has 67 heavy (non-hydrogen) atoms. The molecule has 6 unspecified atom stereocenters. The van der Waals surface area contributed by atoms with E-state index in [4.69, 9.17) is 33.2 Å². The van der Waals surface area contributed by atoms with Crippen LogP contribution in [0.3, 0.4) is 0 Å². The number of carbonyl (C=O) groups is 5. The lowest BCUT2D eigenvalue weighted by Gasteiger charge is -2.24. The van der Waals surface area contributed by atoms with Crippen LogP contribution in [0.2, 0.25) is 0 Å². The molecule has 0 heterocycles. The topological polar surface area (TPSA) is 170 Å². The zero-order valence-corrected chi connectivity index (χ0v) is 38.2. The number of fused-ring (bicyclic) bond motifs is 4. The largest absolute Gasteiger partial charge is 0.490 e. The Hall–Kier alpha value is -6.83. The third-order valence-electron chi connectivity index (χ3n) is 12.3. The molecule has 3 aliphatic carbocycles. The first-order valence-electron chi connectivity index (χ1n) is 22.6. The molecule has 0 aromatic heterocycles. The number of hydrogen-bond acceptors (Lipinski definition) is 13. The first-order chi connectivity index (χ1) is 32.2. The zero-order valence-electron chi connectivity index (χ0n) is 38.2. The summed E-state index contributed by atoms with van der Waals surface area (Å²) in [5, 5.41) is 14.2. The van der Waals surface area contributed by atoms with E-state index < -0.39 is 53.6 Å². The van der Waals surface area contributed by atoms with Gasteiger partial charge in [0.05, 0.1) is 39.9 Å². The number of allylic oxidation sites excluding steroid dienone is 1. The fourth-order valence-corrected chi connectivity index (χ4v) is 8.15. The second-order valence-corrected chi connectivity index (χ2v) is 17.8. The Bertz CT molecular complexity index is 2910. The smallest absolute Gasteiger partial charge is 0.338 e. The van der Waals surface area contributed by atoms with Gasteiger partial charge in [0, 0.05) is 12.7 Å². The van der Waals surface area contributed by atoms with Gasteiger partial charge in [-0.2, -0.15) is 0 Å². The van der Waals surface area contributed by atoms with Gasteiger partial charge in [-0.15, -0.1) is 0 Å². The maximum Gasteiger partial charge on any atom is 0.338 e. The SMILES string of the molecule is COC(C)COC(=C1CCC1)c1ccc2ccc(C(=O)OC(C)COC(=O)c3ccc4cc(C(=O)OC(C)COC(=O)C56C=c7ccc(C(=O)OCC(C)O)cc7=CC5C6)ccc4c3)cc2c1. The van der Waals surface area contributed by atoms with Crippen LogP contribution in [-0.2, 0) is 38.0 Å². The monoisotopic (exact) mass is 910 g/mol. The molecule has 0 aliphatic heterocycles. The zero-order chi connectivity index (χ0) is 47.4. The van der Waals surface area contributed by atoms with Crippen LogP contribution in [0.5, 0.6) is 0 Å². The molecule has 8 rings (SSSR count). The minimum absolute atomic E-state index is 0.0501. The van der Waals surface area contributed by atoms with E-state index in [2.05, 4.69) is 0 Å². The first kappa shape index (κ1) is 46.7. The summed E-state index contributed by atoms with van der Waals surface area (Å²) in [7, 11) is 1.66. The molecule has 0 bridgehead atoms. The number of hydrogen-bond donors (Lipinski definition) is 1. The summed E-state index contributed by atoms with van der Waals surface area (Å²) in [4.78, 5) is 65.1. The Morgan fingerprint density at radius 3 is 1.67 bits per heavy atom. The molecule has 3 aliphatic rings. The molecular weight excluding hydrogens is 857 g/mol. The van der Waals surface area contributed by atoms with Crippen molar-refractivity contribution in [3.05, 3.63) is 135 Å². The van der Waals surface area contributed by atoms with Crippen LogP contribution >= 0.6 is 0 Å². The number of ether oxygens (including phenoxy) is 7. The van der Waals surface area contributed by atoms with Gasteiger partial charge >= 0.3 is 29.8 Å². The molecule has 0 amide bonds. The number of rotatable bonds is 18. The molecule has 0 saturated heterocycles. The van der Waals surface area contributed by atoms with Crippen LogP contribution in [0.1, 0.15) is 100 Å². The van der Waals surface area contributed by atoms with E-state index in [1.807, 2.05) is 43.3 Å². The van der Waals surface area contributed by atoms with Crippen molar-refractivity contribution in [3.8, 4) is 0 Å². The maximum absolute atomic E-state index is 13.3. The Kier molecular flexibility index (Phi) is 13.9. The van der Waals surface area contributed by atoms with Crippen molar-refractivity contribution in [2.24, 2.45) is 11.3 Å². The molecule has 348 valence electrons. The van der Waals surface area contributed by atoms with Gasteiger partial charge in [-0.1, -0.05) is 48.6 Å². The first-order valence-corrected chi connectivity index (χ1v) is 22.6. The fourth-order valence-electron chi connectivity index (χ4n) is 8.15. The molecule has 0 spiro atoms. The summed E-state index contributed by atoms with van der Waals surface area (Å²) in [6.07, 6.45) is 5.21. The summed E-state index contributed by atoms with van der Waals surface area (Å²) in [5.41, 5.74) is 2.70. The molecule has 1 N–H and O–H groups in total. The highest BCUT2D eigenvalue weighted by Crippen LogP contribution is 2.56. The number of aliphatic hydroxyl groups excluding tert-OH is 1. The van der Waals surface area contributed by atoms with E-state index in [-0.39, 0.29) is 43.0 Å². The summed E-state index contributed by atoms with van der Waals surface area (Å²) in [6.45, 7) is 6.82. The third kappa shape index (κ3) is 10.7. The minimum Gasteiger partial charge on any atom is -0.490 e. The molecule has 13 nitrogen and oxygen atoms in total. The van der Waals surface area contributed by atoms with Crippen LogP contribution in [0.25, 0.3) is 39.5 Å². The van der Waals surface area contributed by atoms with Crippen LogP contribution in [0, 0.1) is 11.3 Å². The molecule has 5 aromatic carbocycles. The Balaban J connectivity index is 0.808. The van der Waals surface area contributed by atoms with Crippen molar-refractivity contribution in [2.75, 3.05) is 33.5 Å². The molecule has 13 heteroatoms. The van der Waals surface area contributed by atoms with Gasteiger partial charge in [0.15, 0.2) is 0 Å². The Morgan fingerprint density at radius 2 is 1.07 bits per heavy atom. The Morgan fingerprint density at radius 1 is 0.567 bits per heavy atom. The molecule has 6 atom stereocenters. The van der Waals surface area contributed by atoms with Crippen LogP contribution in [-0.4, -0.2) is 92.9 Å². The molecule has 2 saturated carbocycles. The lowest BCUT2D eigenvalue weighted by Crippen LogP contribution is -2.34. The molecule has 0 radical (unpaired) electrons. The van der Waals surface area contributed by atoms with E-state index in [0.717, 1.165) is 51.8 Å². The van der Waals surface area contributed by atoms with Crippen LogP contribution in [0.4, 0.5) is 0 Å². The second-order valence-electron chi connectivity index (χ2n) is 17.8. The number of carbonyl (C=O) groups excluding carboxylic acids is 5. The van der Waals surface area contributed by atoms with Gasteiger partial charge < -0.3 is 38.3 Å². The molecular formula is C54H54O13. The van der Waals surface area contributed by atoms with Gasteiger partial charge in [-0.05, 0) is 151 Å². The predicted molar refractivity (Wildman–Crippen MR) is 249 cm³/mol. The van der Waals surface area contributed by atoms with Crippen molar-refractivity contribution >= 4 is 69.3 Å². The van der Waals surface area contributed by atoms with Crippen molar-refractivity contribution < 1.29 is 62.2 Å². The average Bonchev–Trinajstić information content (AvgIpc) is 4.04. The van der Waals surface area contributed by atoms with E-state index in [9.17, 15) is 29.1 Å². The van der Waals surface area contributed by atoms with Gasteiger partial charge in [0.25, 0.3) is 0 Å². The lowest BCUT2D eigenvalue weighted by atomic mass is 9.89. The highest BCUT2D eigenvalue weighted by Gasteiger charge is 2.59. The summed E-state index contributed by atoms with van der Waals surface area (Å²) >= 11 is 0. The standard InChI is InChI=1S/C54H54O13/c1-31(55)27-63-49(56)41-17-18-44-25-54(26-47(54)24-46(44)22-41)53(60)65-30-34(4)67-51(58)42-16-12-37-19-40(15-11-38(37)20-42)50(57)64-29-33(3)66-52(59)43-14-10-35-9-13-39(21-45(35)23-43)48(36-7-6-8-36)62-28-32(2)61-5/h9-25,31-34,47,55H,6-8,26-30H2,1-5H3. The molecule has 2 fully saturated rings. The van der Waals surface area contributed by atoms with Crippen LogP contribution < -0.4 is 10.4 Å². The van der Waals surface area contributed by atoms with Crippen LogP contribution in [0.15, 0.2) is 96.6 Å². The maximum atomic E-state index is 13.3. The van der Waals surface area contributed by atoms with Gasteiger partial charge in [0.2, 0.25) is 0 Å². The summed E-state index contributed by atoms with van der Waals surface area (Å²) in [6, 6.07) is 26.4.